The molecule has 0 saturated carbocycles. The minimum Gasteiger partial charge on any atom is -0.383 e. The molecule has 18 heavy (non-hydrogen) atoms. The normalized spacial score (nSPS) is 11.9. The van der Waals surface area contributed by atoms with Crippen molar-refractivity contribution in [1.29, 1.82) is 0 Å². The summed E-state index contributed by atoms with van der Waals surface area (Å²) in [5, 5.41) is 5.98. The third-order valence-corrected chi connectivity index (χ3v) is 3.18. The van der Waals surface area contributed by atoms with Gasteiger partial charge < -0.3 is 15.4 Å². The second kappa shape index (κ2) is 8.00. The maximum Gasteiger partial charge on any atom is 0.242 e. The molecule has 1 amide bonds. The van der Waals surface area contributed by atoms with Crippen LogP contribution in [0.1, 0.15) is 6.92 Å². The molecule has 100 valence electrons. The number of ether oxygens (including phenoxy) is 1. The summed E-state index contributed by atoms with van der Waals surface area (Å²) in [5.41, 5.74) is 0.955. The fraction of sp³-hybridized carbons (Fsp3) is 0.462. The smallest absolute Gasteiger partial charge is 0.242 e. The van der Waals surface area contributed by atoms with Crippen molar-refractivity contribution in [2.24, 2.45) is 0 Å². The zero-order chi connectivity index (χ0) is 13.4. The molecule has 1 rings (SSSR count). The van der Waals surface area contributed by atoms with Gasteiger partial charge in [0.15, 0.2) is 0 Å². The maximum atomic E-state index is 11.7. The number of amides is 1. The van der Waals surface area contributed by atoms with Gasteiger partial charge in [-0.05, 0) is 31.4 Å². The highest BCUT2D eigenvalue weighted by atomic mass is 32.2. The van der Waals surface area contributed by atoms with E-state index in [1.54, 1.807) is 18.9 Å². The monoisotopic (exact) mass is 268 g/mol. The van der Waals surface area contributed by atoms with E-state index in [1.807, 2.05) is 37.4 Å². The summed E-state index contributed by atoms with van der Waals surface area (Å²) in [6.45, 7) is 2.90. The molecule has 5 heteroatoms. The van der Waals surface area contributed by atoms with E-state index in [2.05, 4.69) is 10.6 Å². The van der Waals surface area contributed by atoms with E-state index in [0.29, 0.717) is 13.2 Å². The zero-order valence-corrected chi connectivity index (χ0v) is 11.8. The number of nitrogens with one attached hydrogen (secondary N) is 2. The molecule has 1 aromatic carbocycles. The van der Waals surface area contributed by atoms with Crippen LogP contribution in [0.2, 0.25) is 0 Å². The van der Waals surface area contributed by atoms with Crippen LogP contribution >= 0.6 is 11.8 Å². The minimum atomic E-state index is -0.265. The van der Waals surface area contributed by atoms with Crippen LogP contribution in [0.3, 0.4) is 0 Å². The van der Waals surface area contributed by atoms with Crippen molar-refractivity contribution in [3.8, 4) is 0 Å². The number of thioether (sulfide) groups is 1. The number of rotatable bonds is 7. The van der Waals surface area contributed by atoms with Gasteiger partial charge in [0.2, 0.25) is 5.91 Å². The number of hydrogen-bond donors (Lipinski definition) is 2. The molecule has 0 heterocycles. The van der Waals surface area contributed by atoms with Gasteiger partial charge in [0.05, 0.1) is 6.61 Å². The number of methoxy groups -OCH3 is 1. The van der Waals surface area contributed by atoms with Gasteiger partial charge in [-0.2, -0.15) is 0 Å². The lowest BCUT2D eigenvalue weighted by Gasteiger charge is -2.15. The molecule has 0 bridgehead atoms. The van der Waals surface area contributed by atoms with Gasteiger partial charge in [-0.25, -0.2) is 0 Å². The van der Waals surface area contributed by atoms with Crippen molar-refractivity contribution < 1.29 is 9.53 Å². The number of benzene rings is 1. The largest absolute Gasteiger partial charge is 0.383 e. The highest BCUT2D eigenvalue weighted by Gasteiger charge is 2.11. The third kappa shape index (κ3) is 4.98. The second-order valence-electron chi connectivity index (χ2n) is 3.88. The highest BCUT2D eigenvalue weighted by molar-refractivity contribution is 7.98. The van der Waals surface area contributed by atoms with Crippen LogP contribution in [-0.2, 0) is 9.53 Å². The summed E-state index contributed by atoms with van der Waals surface area (Å²) in [6, 6.07) is 7.74. The van der Waals surface area contributed by atoms with Gasteiger partial charge in [-0.3, -0.25) is 4.79 Å². The van der Waals surface area contributed by atoms with Crippen LogP contribution in [-0.4, -0.2) is 38.5 Å². The summed E-state index contributed by atoms with van der Waals surface area (Å²) in [4.78, 5) is 12.9. The molecule has 1 atom stereocenters. The van der Waals surface area contributed by atoms with Gasteiger partial charge in [0.1, 0.15) is 6.04 Å². The van der Waals surface area contributed by atoms with Gasteiger partial charge in [-0.15, -0.1) is 11.8 Å². The number of carbonyl (C=O) groups excluding carboxylic acids is 1. The van der Waals surface area contributed by atoms with E-state index >= 15 is 0 Å². The molecule has 0 radical (unpaired) electrons. The number of carbonyl (C=O) groups is 1. The fourth-order valence-corrected chi connectivity index (χ4v) is 1.92. The third-order valence-electron chi connectivity index (χ3n) is 2.45. The quantitative estimate of drug-likeness (QED) is 0.586. The van der Waals surface area contributed by atoms with Crippen molar-refractivity contribution >= 4 is 23.4 Å². The van der Waals surface area contributed by atoms with Crippen molar-refractivity contribution in [2.75, 3.05) is 31.8 Å². The van der Waals surface area contributed by atoms with E-state index in [9.17, 15) is 4.79 Å². The summed E-state index contributed by atoms with van der Waals surface area (Å²) < 4.78 is 4.88. The van der Waals surface area contributed by atoms with Crippen LogP contribution < -0.4 is 10.6 Å². The molecule has 2 N–H and O–H groups in total. The Morgan fingerprint density at radius 2 is 2.28 bits per heavy atom. The van der Waals surface area contributed by atoms with Crippen molar-refractivity contribution in [3.05, 3.63) is 24.3 Å². The summed E-state index contributed by atoms with van der Waals surface area (Å²) in [5.74, 6) is -0.0263. The van der Waals surface area contributed by atoms with Gasteiger partial charge in [0.25, 0.3) is 0 Å². The Hall–Kier alpha value is -1.20. The topological polar surface area (TPSA) is 50.4 Å². The average Bonchev–Trinajstić information content (AvgIpc) is 2.39. The Morgan fingerprint density at radius 3 is 2.94 bits per heavy atom. The van der Waals surface area contributed by atoms with Crippen molar-refractivity contribution in [1.82, 2.24) is 5.32 Å². The van der Waals surface area contributed by atoms with Gasteiger partial charge >= 0.3 is 0 Å². The van der Waals surface area contributed by atoms with Gasteiger partial charge in [-0.1, -0.05) is 6.07 Å². The molecule has 0 aliphatic heterocycles. The first-order valence-electron chi connectivity index (χ1n) is 5.84. The Morgan fingerprint density at radius 1 is 1.50 bits per heavy atom. The zero-order valence-electron chi connectivity index (χ0n) is 11.0. The molecule has 0 aliphatic carbocycles. The molecular formula is C13H20N2O2S. The molecule has 0 aliphatic rings. The first-order valence-corrected chi connectivity index (χ1v) is 7.07. The summed E-state index contributed by atoms with van der Waals surface area (Å²) in [7, 11) is 1.61. The van der Waals surface area contributed by atoms with Crippen molar-refractivity contribution in [2.45, 2.75) is 17.9 Å². The average molecular weight is 268 g/mol. The van der Waals surface area contributed by atoms with Crippen LogP contribution in [0.25, 0.3) is 0 Å². The Kier molecular flexibility index (Phi) is 6.60. The van der Waals surface area contributed by atoms with E-state index in [0.717, 1.165) is 5.69 Å². The maximum absolute atomic E-state index is 11.7. The summed E-state index contributed by atoms with van der Waals surface area (Å²) in [6.07, 6.45) is 2.03. The summed E-state index contributed by atoms with van der Waals surface area (Å²) >= 11 is 1.68. The predicted octanol–water partition coefficient (Wildman–Crippen LogP) is 1.97. The Balaban J connectivity index is 2.47. The molecule has 0 aromatic heterocycles. The van der Waals surface area contributed by atoms with Crippen LogP contribution in [0.15, 0.2) is 29.2 Å². The molecule has 0 spiro atoms. The van der Waals surface area contributed by atoms with Gasteiger partial charge in [0, 0.05) is 24.2 Å². The predicted molar refractivity (Wildman–Crippen MR) is 76.2 cm³/mol. The van der Waals surface area contributed by atoms with E-state index in [4.69, 9.17) is 4.74 Å². The first kappa shape index (κ1) is 14.9. The van der Waals surface area contributed by atoms with Crippen molar-refractivity contribution in [3.63, 3.8) is 0 Å². The minimum absolute atomic E-state index is 0.0263. The SMILES string of the molecule is COCCNC(=O)C(C)Nc1cccc(SC)c1. The fourth-order valence-electron chi connectivity index (χ4n) is 1.46. The van der Waals surface area contributed by atoms with E-state index < -0.39 is 0 Å². The van der Waals surface area contributed by atoms with E-state index in [-0.39, 0.29) is 11.9 Å². The molecule has 1 aromatic rings. The number of anilines is 1. The first-order chi connectivity index (χ1) is 8.67. The lowest BCUT2D eigenvalue weighted by molar-refractivity contribution is -0.121. The lowest BCUT2D eigenvalue weighted by Crippen LogP contribution is -2.39. The Labute approximate surface area is 112 Å². The molecule has 4 nitrogen and oxygen atoms in total. The standard InChI is InChI=1S/C13H20N2O2S/c1-10(13(16)14-7-8-17-2)15-11-5-4-6-12(9-11)18-3/h4-6,9-10,15H,7-8H2,1-3H3,(H,14,16). The molecule has 0 saturated heterocycles. The lowest BCUT2D eigenvalue weighted by atomic mass is 10.2. The number of hydrogen-bond acceptors (Lipinski definition) is 4. The molecule has 0 fully saturated rings. The molecule has 1 unspecified atom stereocenters. The highest BCUT2D eigenvalue weighted by Crippen LogP contribution is 2.19. The van der Waals surface area contributed by atoms with Crippen LogP contribution in [0.4, 0.5) is 5.69 Å². The van der Waals surface area contributed by atoms with Crippen LogP contribution in [0.5, 0.6) is 0 Å². The van der Waals surface area contributed by atoms with Crippen LogP contribution in [0, 0.1) is 0 Å². The Bertz CT molecular complexity index is 385. The second-order valence-corrected chi connectivity index (χ2v) is 4.76. The molecular weight excluding hydrogens is 248 g/mol. The van der Waals surface area contributed by atoms with E-state index in [1.165, 1.54) is 4.90 Å².